The average molecular weight is 355 g/mol. The van der Waals surface area contributed by atoms with Crippen LogP contribution in [-0.4, -0.2) is 35.8 Å². The van der Waals surface area contributed by atoms with Crippen molar-refractivity contribution in [3.8, 4) is 0 Å². The van der Waals surface area contributed by atoms with E-state index in [4.69, 9.17) is 0 Å². The van der Waals surface area contributed by atoms with Crippen molar-refractivity contribution < 1.29 is 9.59 Å². The minimum absolute atomic E-state index is 0.0268. The molecule has 1 fully saturated rings. The van der Waals surface area contributed by atoms with Crippen LogP contribution in [0.4, 0.5) is 5.69 Å². The van der Waals surface area contributed by atoms with E-state index >= 15 is 0 Å². The van der Waals surface area contributed by atoms with Gasteiger partial charge in [0.15, 0.2) is 0 Å². The van der Waals surface area contributed by atoms with Crippen molar-refractivity contribution in [1.29, 1.82) is 0 Å². The van der Waals surface area contributed by atoms with Crippen molar-refractivity contribution in [3.05, 3.63) is 51.7 Å². The molecule has 1 aromatic heterocycles. The molecule has 0 radical (unpaired) electrons. The maximum atomic E-state index is 12.6. The molecule has 2 amide bonds. The average Bonchev–Trinajstić information content (AvgIpc) is 3.31. The first kappa shape index (κ1) is 16.3. The minimum Gasteiger partial charge on any atom is -0.337 e. The second kappa shape index (κ2) is 6.98. The van der Waals surface area contributed by atoms with Gasteiger partial charge in [-0.25, -0.2) is 0 Å². The Labute approximate surface area is 151 Å². The van der Waals surface area contributed by atoms with Crippen LogP contribution in [0.5, 0.6) is 0 Å². The summed E-state index contributed by atoms with van der Waals surface area (Å²) in [6, 6.07) is 11.4. The number of carbonyl (C=O) groups excluding carboxylic acids is 2. The Balaban J connectivity index is 1.45. The van der Waals surface area contributed by atoms with E-state index in [1.807, 2.05) is 41.3 Å². The molecule has 1 saturated heterocycles. The summed E-state index contributed by atoms with van der Waals surface area (Å²) in [6.07, 6.45) is 2.82. The van der Waals surface area contributed by atoms with Gasteiger partial charge in [-0.15, -0.1) is 11.3 Å². The number of benzene rings is 1. The molecule has 1 aromatic carbocycles. The summed E-state index contributed by atoms with van der Waals surface area (Å²) in [6.45, 7) is 2.28. The largest absolute Gasteiger partial charge is 0.337 e. The van der Waals surface area contributed by atoms with Gasteiger partial charge in [-0.2, -0.15) is 0 Å². The van der Waals surface area contributed by atoms with Gasteiger partial charge >= 0.3 is 0 Å². The highest BCUT2D eigenvalue weighted by atomic mass is 32.1. The lowest BCUT2D eigenvalue weighted by atomic mass is 10.1. The van der Waals surface area contributed by atoms with Crippen LogP contribution in [0, 0.1) is 0 Å². The predicted molar refractivity (Wildman–Crippen MR) is 98.9 cm³/mol. The van der Waals surface area contributed by atoms with Crippen molar-refractivity contribution in [3.63, 3.8) is 0 Å². The molecule has 4 rings (SSSR count). The molecule has 2 N–H and O–H groups in total. The molecule has 0 bridgehead atoms. The first-order valence-corrected chi connectivity index (χ1v) is 9.52. The lowest BCUT2D eigenvalue weighted by molar-refractivity contribution is -0.134. The van der Waals surface area contributed by atoms with Crippen molar-refractivity contribution in [2.24, 2.45) is 0 Å². The van der Waals surface area contributed by atoms with E-state index in [9.17, 15) is 9.59 Å². The molecule has 1 unspecified atom stereocenters. The molecular formula is C19H21N3O2S. The summed E-state index contributed by atoms with van der Waals surface area (Å²) in [5.41, 5.74) is 1.91. The standard InChI is InChI=1S/C19H21N3O2S/c23-18(21-14-5-2-1-3-6-14)17-11-13-12-22(10-8-16(13)25-17)19(24)15-7-4-9-20-15/h1-3,5-6,11,15,20H,4,7-10,12H2,(H,21,23). The molecule has 0 saturated carbocycles. The SMILES string of the molecule is O=C(Nc1ccccc1)c1cc2c(s1)CCN(C(=O)C1CCCN1)C2. The summed E-state index contributed by atoms with van der Waals surface area (Å²) in [7, 11) is 0. The monoisotopic (exact) mass is 355 g/mol. The number of fused-ring (bicyclic) bond motifs is 1. The Hall–Kier alpha value is -2.18. The molecular weight excluding hydrogens is 334 g/mol. The topological polar surface area (TPSA) is 61.4 Å². The zero-order chi connectivity index (χ0) is 17.2. The van der Waals surface area contributed by atoms with Gasteiger partial charge in [0, 0.05) is 23.7 Å². The van der Waals surface area contributed by atoms with Crippen LogP contribution in [0.1, 0.15) is 33.0 Å². The van der Waals surface area contributed by atoms with E-state index in [0.717, 1.165) is 43.6 Å². The lowest BCUT2D eigenvalue weighted by Gasteiger charge is -2.29. The molecule has 1 atom stereocenters. The van der Waals surface area contributed by atoms with Gasteiger partial charge in [0.1, 0.15) is 0 Å². The van der Waals surface area contributed by atoms with Crippen LogP contribution < -0.4 is 10.6 Å². The quantitative estimate of drug-likeness (QED) is 0.890. The number of nitrogens with one attached hydrogen (secondary N) is 2. The van der Waals surface area contributed by atoms with E-state index in [1.54, 1.807) is 11.3 Å². The van der Waals surface area contributed by atoms with Gasteiger partial charge in [-0.3, -0.25) is 9.59 Å². The number of thiophene rings is 1. The molecule has 0 aliphatic carbocycles. The number of anilines is 1. The molecule has 130 valence electrons. The number of carbonyl (C=O) groups is 2. The van der Waals surface area contributed by atoms with Crippen molar-refractivity contribution in [2.75, 3.05) is 18.4 Å². The van der Waals surface area contributed by atoms with E-state index < -0.39 is 0 Å². The fraction of sp³-hybridized carbons (Fsp3) is 0.368. The molecule has 3 heterocycles. The van der Waals surface area contributed by atoms with Crippen molar-refractivity contribution in [1.82, 2.24) is 10.2 Å². The molecule has 2 aliphatic rings. The number of amides is 2. The van der Waals surface area contributed by atoms with Gasteiger partial charge in [0.2, 0.25) is 5.91 Å². The van der Waals surface area contributed by atoms with Gasteiger partial charge in [-0.1, -0.05) is 18.2 Å². The van der Waals surface area contributed by atoms with Gasteiger partial charge in [-0.05, 0) is 49.6 Å². The third-order valence-electron chi connectivity index (χ3n) is 4.79. The van der Waals surface area contributed by atoms with Crippen LogP contribution in [0.25, 0.3) is 0 Å². The van der Waals surface area contributed by atoms with Crippen molar-refractivity contribution in [2.45, 2.75) is 31.8 Å². The third kappa shape index (κ3) is 3.45. The van der Waals surface area contributed by atoms with Crippen LogP contribution in [-0.2, 0) is 17.8 Å². The summed E-state index contributed by atoms with van der Waals surface area (Å²) >= 11 is 1.54. The van der Waals surface area contributed by atoms with Crippen LogP contribution >= 0.6 is 11.3 Å². The molecule has 2 aromatic rings. The first-order valence-electron chi connectivity index (χ1n) is 8.71. The van der Waals surface area contributed by atoms with Crippen LogP contribution in [0.3, 0.4) is 0 Å². The van der Waals surface area contributed by atoms with Crippen LogP contribution in [0.15, 0.2) is 36.4 Å². The number of rotatable bonds is 3. The van der Waals surface area contributed by atoms with E-state index in [0.29, 0.717) is 11.4 Å². The predicted octanol–water partition coefficient (Wildman–Crippen LogP) is 2.64. The molecule has 2 aliphatic heterocycles. The zero-order valence-corrected chi connectivity index (χ0v) is 14.8. The summed E-state index contributed by atoms with van der Waals surface area (Å²) in [4.78, 5) is 28.9. The zero-order valence-electron chi connectivity index (χ0n) is 14.0. The second-order valence-electron chi connectivity index (χ2n) is 6.54. The van der Waals surface area contributed by atoms with Gasteiger partial charge < -0.3 is 15.5 Å². The van der Waals surface area contributed by atoms with Gasteiger partial charge in [0.05, 0.1) is 10.9 Å². The Kier molecular flexibility index (Phi) is 4.55. The fourth-order valence-electron chi connectivity index (χ4n) is 3.46. The lowest BCUT2D eigenvalue weighted by Crippen LogP contribution is -2.45. The fourth-order valence-corrected chi connectivity index (χ4v) is 4.52. The molecule has 5 nitrogen and oxygen atoms in total. The Morgan fingerprint density at radius 3 is 2.84 bits per heavy atom. The number of para-hydroxylation sites is 1. The minimum atomic E-state index is -0.0825. The normalized spacial score (nSPS) is 19.5. The smallest absolute Gasteiger partial charge is 0.265 e. The number of hydrogen-bond donors (Lipinski definition) is 2. The van der Waals surface area contributed by atoms with Gasteiger partial charge in [0.25, 0.3) is 5.91 Å². The van der Waals surface area contributed by atoms with Crippen molar-refractivity contribution >= 4 is 28.8 Å². The summed E-state index contributed by atoms with van der Waals surface area (Å²) in [5.74, 6) is 0.116. The van der Waals surface area contributed by atoms with E-state index in [2.05, 4.69) is 10.6 Å². The Bertz CT molecular complexity index is 781. The molecule has 0 spiro atoms. The van der Waals surface area contributed by atoms with Crippen LogP contribution in [0.2, 0.25) is 0 Å². The number of hydrogen-bond acceptors (Lipinski definition) is 4. The summed E-state index contributed by atoms with van der Waals surface area (Å²) < 4.78 is 0. The Morgan fingerprint density at radius 2 is 2.08 bits per heavy atom. The van der Waals surface area contributed by atoms with E-state index in [1.165, 1.54) is 4.88 Å². The Morgan fingerprint density at radius 1 is 1.24 bits per heavy atom. The highest BCUT2D eigenvalue weighted by molar-refractivity contribution is 7.14. The highest BCUT2D eigenvalue weighted by Crippen LogP contribution is 2.29. The number of nitrogens with zero attached hydrogens (tertiary/aromatic N) is 1. The second-order valence-corrected chi connectivity index (χ2v) is 7.67. The van der Waals surface area contributed by atoms with E-state index in [-0.39, 0.29) is 17.9 Å². The molecule has 25 heavy (non-hydrogen) atoms. The third-order valence-corrected chi connectivity index (χ3v) is 6.03. The summed E-state index contributed by atoms with van der Waals surface area (Å²) in [5, 5.41) is 6.20. The maximum Gasteiger partial charge on any atom is 0.265 e. The first-order chi connectivity index (χ1) is 12.2. The molecule has 6 heteroatoms. The highest BCUT2D eigenvalue weighted by Gasteiger charge is 2.30. The maximum absolute atomic E-state index is 12.6.